The average Bonchev–Trinajstić information content (AvgIpc) is 2.33. The second-order valence-electron chi connectivity index (χ2n) is 4.13. The molecule has 4 nitrogen and oxygen atoms in total. The molecule has 100 valence electrons. The Morgan fingerprint density at radius 2 is 2.06 bits per heavy atom. The molecular formula is C12H19BFNO3. The van der Waals surface area contributed by atoms with Crippen LogP contribution < -0.4 is 5.46 Å². The third-order valence-electron chi connectivity index (χ3n) is 2.74. The summed E-state index contributed by atoms with van der Waals surface area (Å²) in [5, 5.41) is 18.1. The van der Waals surface area contributed by atoms with E-state index in [4.69, 9.17) is 14.8 Å². The van der Waals surface area contributed by atoms with Crippen molar-refractivity contribution in [3.05, 3.63) is 29.6 Å². The Morgan fingerprint density at radius 3 is 2.61 bits per heavy atom. The number of methoxy groups -OCH3 is 1. The normalized spacial score (nSPS) is 11.0. The number of likely N-dealkylation sites (N-methyl/N-ethyl adjacent to an activating group) is 1. The first-order valence-corrected chi connectivity index (χ1v) is 5.93. The minimum Gasteiger partial charge on any atom is -0.423 e. The van der Waals surface area contributed by atoms with Crippen LogP contribution in [0.25, 0.3) is 0 Å². The van der Waals surface area contributed by atoms with Crippen LogP contribution in [0.2, 0.25) is 0 Å². The van der Waals surface area contributed by atoms with Gasteiger partial charge in [-0.3, -0.25) is 4.90 Å². The van der Waals surface area contributed by atoms with Gasteiger partial charge in [0.2, 0.25) is 0 Å². The van der Waals surface area contributed by atoms with E-state index in [0.29, 0.717) is 13.2 Å². The summed E-state index contributed by atoms with van der Waals surface area (Å²) in [6, 6.07) is 4.13. The Hall–Kier alpha value is -0.945. The van der Waals surface area contributed by atoms with Crippen LogP contribution in [0.4, 0.5) is 4.39 Å². The summed E-state index contributed by atoms with van der Waals surface area (Å²) in [6.45, 7) is 4.74. The van der Waals surface area contributed by atoms with Gasteiger partial charge in [-0.2, -0.15) is 0 Å². The van der Waals surface area contributed by atoms with Crippen LogP contribution in [-0.4, -0.2) is 48.9 Å². The fraction of sp³-hybridized carbons (Fsp3) is 0.500. The van der Waals surface area contributed by atoms with E-state index in [9.17, 15) is 4.39 Å². The molecule has 1 aromatic carbocycles. The maximum Gasteiger partial charge on any atom is 0.488 e. The molecule has 0 atom stereocenters. The van der Waals surface area contributed by atoms with Crippen molar-refractivity contribution in [3.8, 4) is 0 Å². The number of nitrogens with zero attached hydrogens (tertiary/aromatic N) is 1. The molecular weight excluding hydrogens is 236 g/mol. The summed E-state index contributed by atoms with van der Waals surface area (Å²) in [4.78, 5) is 2.09. The van der Waals surface area contributed by atoms with Gasteiger partial charge in [-0.25, -0.2) is 4.39 Å². The third kappa shape index (κ3) is 4.74. The number of rotatable bonds is 7. The molecule has 0 fully saturated rings. The highest BCUT2D eigenvalue weighted by molar-refractivity contribution is 6.58. The minimum absolute atomic E-state index is 0.174. The molecule has 0 radical (unpaired) electrons. The van der Waals surface area contributed by atoms with Gasteiger partial charge in [0, 0.05) is 20.2 Å². The summed E-state index contributed by atoms with van der Waals surface area (Å²) in [7, 11) is -0.00974. The number of halogens is 1. The summed E-state index contributed by atoms with van der Waals surface area (Å²) in [6.07, 6.45) is 0. The molecule has 1 aromatic rings. The molecule has 0 aliphatic heterocycles. The zero-order valence-electron chi connectivity index (χ0n) is 10.8. The Balaban J connectivity index is 2.75. The highest BCUT2D eigenvalue weighted by atomic mass is 19.1. The van der Waals surface area contributed by atoms with Crippen molar-refractivity contribution in [2.24, 2.45) is 0 Å². The van der Waals surface area contributed by atoms with Gasteiger partial charge < -0.3 is 14.8 Å². The summed E-state index contributed by atoms with van der Waals surface area (Å²) >= 11 is 0. The number of hydrogen-bond donors (Lipinski definition) is 2. The lowest BCUT2D eigenvalue weighted by atomic mass is 9.79. The van der Waals surface area contributed by atoms with Crippen LogP contribution in [0, 0.1) is 5.82 Å². The molecule has 0 saturated carbocycles. The highest BCUT2D eigenvalue weighted by Gasteiger charge is 2.14. The molecule has 0 saturated heterocycles. The van der Waals surface area contributed by atoms with Crippen LogP contribution in [0.5, 0.6) is 0 Å². The van der Waals surface area contributed by atoms with E-state index < -0.39 is 12.9 Å². The molecule has 0 aliphatic rings. The van der Waals surface area contributed by atoms with Crippen molar-refractivity contribution in [2.45, 2.75) is 13.5 Å². The Morgan fingerprint density at radius 1 is 1.33 bits per heavy atom. The smallest absolute Gasteiger partial charge is 0.423 e. The standard InChI is InChI=1S/C12H19BFNO3/c1-3-15(4-5-18-2)9-10-6-11(13(16)17)8-12(14)7-10/h6-8,16-17H,3-5,9H2,1-2H3. The van der Waals surface area contributed by atoms with Crippen LogP contribution in [0.15, 0.2) is 18.2 Å². The van der Waals surface area contributed by atoms with Crippen LogP contribution >= 0.6 is 0 Å². The van der Waals surface area contributed by atoms with E-state index in [1.54, 1.807) is 13.2 Å². The zero-order valence-corrected chi connectivity index (χ0v) is 10.8. The van der Waals surface area contributed by atoms with Gasteiger partial charge >= 0.3 is 7.12 Å². The van der Waals surface area contributed by atoms with Crippen molar-refractivity contribution in [3.63, 3.8) is 0 Å². The maximum absolute atomic E-state index is 13.3. The first-order valence-electron chi connectivity index (χ1n) is 5.93. The molecule has 0 aromatic heterocycles. The molecule has 0 heterocycles. The molecule has 0 spiro atoms. The van der Waals surface area contributed by atoms with Gasteiger partial charge in [-0.15, -0.1) is 0 Å². The zero-order chi connectivity index (χ0) is 13.5. The molecule has 2 N–H and O–H groups in total. The van der Waals surface area contributed by atoms with Crippen molar-refractivity contribution >= 4 is 12.6 Å². The molecule has 18 heavy (non-hydrogen) atoms. The molecule has 0 aliphatic carbocycles. The Bertz CT molecular complexity index is 376. The SMILES string of the molecule is CCN(CCOC)Cc1cc(F)cc(B(O)O)c1. The Kier molecular flexibility index (Phi) is 6.28. The van der Waals surface area contributed by atoms with E-state index >= 15 is 0 Å². The van der Waals surface area contributed by atoms with Crippen molar-refractivity contribution in [1.29, 1.82) is 0 Å². The lowest BCUT2D eigenvalue weighted by Crippen LogP contribution is -2.32. The first kappa shape index (κ1) is 15.1. The molecule has 1 rings (SSSR count). The van der Waals surface area contributed by atoms with Crippen LogP contribution in [0.1, 0.15) is 12.5 Å². The maximum atomic E-state index is 13.3. The van der Waals surface area contributed by atoms with E-state index in [1.807, 2.05) is 6.92 Å². The second kappa shape index (κ2) is 7.48. The van der Waals surface area contributed by atoms with Gasteiger partial charge in [0.15, 0.2) is 0 Å². The highest BCUT2D eigenvalue weighted by Crippen LogP contribution is 2.06. The van der Waals surface area contributed by atoms with Crippen molar-refractivity contribution in [1.82, 2.24) is 4.90 Å². The summed E-state index contributed by atoms with van der Waals surface area (Å²) in [5.74, 6) is -0.460. The van der Waals surface area contributed by atoms with E-state index in [1.165, 1.54) is 6.07 Å². The van der Waals surface area contributed by atoms with Crippen LogP contribution in [0.3, 0.4) is 0 Å². The van der Waals surface area contributed by atoms with Crippen molar-refractivity contribution < 1.29 is 19.2 Å². The monoisotopic (exact) mass is 255 g/mol. The van der Waals surface area contributed by atoms with Crippen LogP contribution in [-0.2, 0) is 11.3 Å². The predicted molar refractivity (Wildman–Crippen MR) is 69.1 cm³/mol. The van der Waals surface area contributed by atoms with Gasteiger partial charge in [0.1, 0.15) is 5.82 Å². The predicted octanol–water partition coefficient (Wildman–Crippen LogP) is -0.0262. The van der Waals surface area contributed by atoms with E-state index in [0.717, 1.165) is 24.7 Å². The van der Waals surface area contributed by atoms with E-state index in [2.05, 4.69) is 4.90 Å². The number of ether oxygens (including phenoxy) is 1. The van der Waals surface area contributed by atoms with E-state index in [-0.39, 0.29) is 5.46 Å². The Labute approximate surface area is 107 Å². The lowest BCUT2D eigenvalue weighted by Gasteiger charge is -2.20. The van der Waals surface area contributed by atoms with Gasteiger partial charge in [0.05, 0.1) is 6.61 Å². The quantitative estimate of drug-likeness (QED) is 0.672. The number of hydrogen-bond acceptors (Lipinski definition) is 4. The van der Waals surface area contributed by atoms with Gasteiger partial charge in [-0.1, -0.05) is 13.0 Å². The summed E-state index contributed by atoms with van der Waals surface area (Å²) < 4.78 is 18.3. The average molecular weight is 255 g/mol. The fourth-order valence-electron chi connectivity index (χ4n) is 1.74. The van der Waals surface area contributed by atoms with Gasteiger partial charge in [0.25, 0.3) is 0 Å². The fourth-order valence-corrected chi connectivity index (χ4v) is 1.74. The molecule has 0 unspecified atom stereocenters. The second-order valence-corrected chi connectivity index (χ2v) is 4.13. The topological polar surface area (TPSA) is 52.9 Å². The third-order valence-corrected chi connectivity index (χ3v) is 2.74. The van der Waals surface area contributed by atoms with Crippen molar-refractivity contribution in [2.75, 3.05) is 26.8 Å². The summed E-state index contributed by atoms with van der Waals surface area (Å²) in [5.41, 5.74) is 0.892. The molecule has 0 amide bonds. The molecule has 0 bridgehead atoms. The van der Waals surface area contributed by atoms with Gasteiger partial charge in [-0.05, 0) is 29.7 Å². The minimum atomic E-state index is -1.64. The largest absolute Gasteiger partial charge is 0.488 e. The first-order chi connectivity index (χ1) is 8.56. The number of benzene rings is 1. The molecule has 6 heteroatoms. The lowest BCUT2D eigenvalue weighted by molar-refractivity contribution is 0.147.